The van der Waals surface area contributed by atoms with Crippen molar-refractivity contribution in [3.05, 3.63) is 60.4 Å². The number of carbonyl (C=O) groups is 1. The molecule has 0 aliphatic heterocycles. The van der Waals surface area contributed by atoms with Gasteiger partial charge in [0.25, 0.3) is 5.91 Å². The van der Waals surface area contributed by atoms with Crippen molar-refractivity contribution < 1.29 is 9.53 Å². The normalized spacial score (nSPS) is 12.1. The number of carbonyl (C=O) groups excluding carboxylic acids is 1. The molecule has 0 aliphatic rings. The lowest BCUT2D eigenvalue weighted by Crippen LogP contribution is -2.32. The minimum atomic E-state index is -0.189. The minimum Gasteiger partial charge on any atom is -0.484 e. The number of aromatic nitrogens is 2. The van der Waals surface area contributed by atoms with Crippen LogP contribution in [0.3, 0.4) is 0 Å². The lowest BCUT2D eigenvalue weighted by atomic mass is 10.2. The Morgan fingerprint density at radius 3 is 2.65 bits per heavy atom. The molecule has 26 heavy (non-hydrogen) atoms. The number of ether oxygens (including phenoxy) is 1. The molecule has 0 aliphatic carbocycles. The third-order valence-corrected chi connectivity index (χ3v) is 4.30. The third-order valence-electron chi connectivity index (χ3n) is 4.30. The van der Waals surface area contributed by atoms with E-state index in [9.17, 15) is 4.79 Å². The van der Waals surface area contributed by atoms with Crippen LogP contribution in [0.4, 0.5) is 0 Å². The van der Waals surface area contributed by atoms with Gasteiger partial charge in [0.1, 0.15) is 11.6 Å². The fourth-order valence-electron chi connectivity index (χ4n) is 2.99. The Bertz CT molecular complexity index is 858. The van der Waals surface area contributed by atoms with Gasteiger partial charge in [-0.1, -0.05) is 43.7 Å². The molecule has 2 aromatic carbocycles. The number of hydrogen-bond acceptors (Lipinski definition) is 3. The van der Waals surface area contributed by atoms with Gasteiger partial charge in [-0.25, -0.2) is 4.98 Å². The number of amides is 1. The van der Waals surface area contributed by atoms with Crippen LogP contribution in [0.5, 0.6) is 5.75 Å². The first-order chi connectivity index (χ1) is 12.7. The monoisotopic (exact) mass is 351 g/mol. The van der Waals surface area contributed by atoms with E-state index < -0.39 is 0 Å². The summed E-state index contributed by atoms with van der Waals surface area (Å²) >= 11 is 0. The summed E-state index contributed by atoms with van der Waals surface area (Å²) in [7, 11) is 0. The predicted molar refractivity (Wildman–Crippen MR) is 103 cm³/mol. The Balaban J connectivity index is 1.70. The van der Waals surface area contributed by atoms with Crippen molar-refractivity contribution in [2.24, 2.45) is 0 Å². The molecule has 3 rings (SSSR count). The standard InChI is InChI=1S/C21H25N3O2/c1-3-4-14-24-19-13-9-8-12-18(19)23-21(24)16(2)22-20(25)15-26-17-10-6-5-7-11-17/h5-13,16H,3-4,14-15H2,1-2H3,(H,22,25). The molecular weight excluding hydrogens is 326 g/mol. The van der Waals surface area contributed by atoms with E-state index >= 15 is 0 Å². The fourth-order valence-corrected chi connectivity index (χ4v) is 2.99. The lowest BCUT2D eigenvalue weighted by molar-refractivity contribution is -0.123. The van der Waals surface area contributed by atoms with Crippen LogP contribution in [-0.4, -0.2) is 22.1 Å². The van der Waals surface area contributed by atoms with E-state index in [4.69, 9.17) is 9.72 Å². The summed E-state index contributed by atoms with van der Waals surface area (Å²) in [6.45, 7) is 5.02. The number of hydrogen-bond donors (Lipinski definition) is 1. The van der Waals surface area contributed by atoms with Gasteiger partial charge in [-0.15, -0.1) is 0 Å². The molecule has 1 aromatic heterocycles. The zero-order valence-electron chi connectivity index (χ0n) is 15.3. The Hall–Kier alpha value is -2.82. The number of fused-ring (bicyclic) bond motifs is 1. The molecule has 1 atom stereocenters. The highest BCUT2D eigenvalue weighted by Crippen LogP contribution is 2.21. The van der Waals surface area contributed by atoms with Crippen molar-refractivity contribution in [1.82, 2.24) is 14.9 Å². The highest BCUT2D eigenvalue weighted by Gasteiger charge is 2.18. The van der Waals surface area contributed by atoms with Crippen LogP contribution in [0.15, 0.2) is 54.6 Å². The van der Waals surface area contributed by atoms with Crippen LogP contribution >= 0.6 is 0 Å². The van der Waals surface area contributed by atoms with Gasteiger partial charge in [0, 0.05) is 6.54 Å². The molecule has 3 aromatic rings. The van der Waals surface area contributed by atoms with Gasteiger partial charge in [0.15, 0.2) is 6.61 Å². The van der Waals surface area contributed by atoms with E-state index in [0.717, 1.165) is 36.2 Å². The lowest BCUT2D eigenvalue weighted by Gasteiger charge is -2.16. The Kier molecular flexibility index (Phi) is 5.89. The first-order valence-corrected chi connectivity index (χ1v) is 9.11. The molecule has 136 valence electrons. The van der Waals surface area contributed by atoms with E-state index in [1.54, 1.807) is 0 Å². The van der Waals surface area contributed by atoms with E-state index in [-0.39, 0.29) is 18.6 Å². The Morgan fingerprint density at radius 1 is 1.15 bits per heavy atom. The number of rotatable bonds is 8. The summed E-state index contributed by atoms with van der Waals surface area (Å²) < 4.78 is 7.73. The molecule has 0 radical (unpaired) electrons. The molecule has 0 spiro atoms. The molecule has 0 bridgehead atoms. The van der Waals surface area contributed by atoms with Crippen LogP contribution in [-0.2, 0) is 11.3 Å². The summed E-state index contributed by atoms with van der Waals surface area (Å²) in [4.78, 5) is 17.0. The number of aryl methyl sites for hydroxylation is 1. The predicted octanol–water partition coefficient (Wildman–Crippen LogP) is 4.09. The van der Waals surface area contributed by atoms with Crippen LogP contribution in [0.1, 0.15) is 38.6 Å². The number of imidazole rings is 1. The van der Waals surface area contributed by atoms with Gasteiger partial charge in [-0.2, -0.15) is 0 Å². The molecule has 0 saturated heterocycles. The summed E-state index contributed by atoms with van der Waals surface area (Å²) in [6.07, 6.45) is 2.18. The maximum Gasteiger partial charge on any atom is 0.258 e. The first kappa shape index (κ1) is 18.0. The molecule has 5 nitrogen and oxygen atoms in total. The van der Waals surface area contributed by atoms with E-state index in [1.807, 2.05) is 55.5 Å². The van der Waals surface area contributed by atoms with Crippen molar-refractivity contribution in [2.45, 2.75) is 39.3 Å². The Labute approximate surface area is 154 Å². The SMILES string of the molecule is CCCCn1c(C(C)NC(=O)COc2ccccc2)nc2ccccc21. The van der Waals surface area contributed by atoms with Crippen LogP contribution in [0.25, 0.3) is 11.0 Å². The van der Waals surface area contributed by atoms with E-state index in [2.05, 4.69) is 22.9 Å². The molecular formula is C21H25N3O2. The molecule has 1 N–H and O–H groups in total. The second-order valence-corrected chi connectivity index (χ2v) is 6.35. The molecule has 1 heterocycles. The van der Waals surface area contributed by atoms with E-state index in [0.29, 0.717) is 5.75 Å². The van der Waals surface area contributed by atoms with Gasteiger partial charge in [0.2, 0.25) is 0 Å². The number of nitrogens with zero attached hydrogens (tertiary/aromatic N) is 2. The van der Waals surface area contributed by atoms with Crippen LogP contribution in [0.2, 0.25) is 0 Å². The second kappa shape index (κ2) is 8.52. The van der Waals surface area contributed by atoms with Crippen LogP contribution in [0, 0.1) is 0 Å². The van der Waals surface area contributed by atoms with Crippen molar-refractivity contribution in [1.29, 1.82) is 0 Å². The maximum absolute atomic E-state index is 12.3. The number of nitrogens with one attached hydrogen (secondary N) is 1. The van der Waals surface area contributed by atoms with Gasteiger partial charge in [-0.3, -0.25) is 4.79 Å². The highest BCUT2D eigenvalue weighted by molar-refractivity contribution is 5.79. The average molecular weight is 351 g/mol. The first-order valence-electron chi connectivity index (χ1n) is 9.11. The molecule has 1 unspecified atom stereocenters. The van der Waals surface area contributed by atoms with Gasteiger partial charge in [-0.05, 0) is 37.6 Å². The number of unbranched alkanes of at least 4 members (excludes halogenated alkanes) is 1. The smallest absolute Gasteiger partial charge is 0.258 e. The summed E-state index contributed by atoms with van der Waals surface area (Å²) in [6, 6.07) is 17.2. The van der Waals surface area contributed by atoms with E-state index in [1.165, 1.54) is 0 Å². The van der Waals surface area contributed by atoms with Gasteiger partial charge >= 0.3 is 0 Å². The summed E-state index contributed by atoms with van der Waals surface area (Å²) in [5, 5.41) is 3.00. The highest BCUT2D eigenvalue weighted by atomic mass is 16.5. The van der Waals surface area contributed by atoms with Gasteiger partial charge in [0.05, 0.1) is 17.1 Å². The average Bonchev–Trinajstić information content (AvgIpc) is 3.04. The van der Waals surface area contributed by atoms with Crippen molar-refractivity contribution >= 4 is 16.9 Å². The van der Waals surface area contributed by atoms with Crippen molar-refractivity contribution in [2.75, 3.05) is 6.61 Å². The van der Waals surface area contributed by atoms with Crippen molar-refractivity contribution in [3.63, 3.8) is 0 Å². The van der Waals surface area contributed by atoms with Gasteiger partial charge < -0.3 is 14.6 Å². The minimum absolute atomic E-state index is 0.0104. The molecule has 1 amide bonds. The zero-order chi connectivity index (χ0) is 18.4. The fraction of sp³-hybridized carbons (Fsp3) is 0.333. The number of para-hydroxylation sites is 3. The largest absolute Gasteiger partial charge is 0.484 e. The maximum atomic E-state index is 12.3. The van der Waals surface area contributed by atoms with Crippen molar-refractivity contribution in [3.8, 4) is 5.75 Å². The Morgan fingerprint density at radius 2 is 1.88 bits per heavy atom. The van der Waals surface area contributed by atoms with Crippen LogP contribution < -0.4 is 10.1 Å². The number of benzene rings is 2. The quantitative estimate of drug-likeness (QED) is 0.665. The molecule has 0 fully saturated rings. The zero-order valence-corrected chi connectivity index (χ0v) is 15.3. The second-order valence-electron chi connectivity index (χ2n) is 6.35. The molecule has 0 saturated carbocycles. The topological polar surface area (TPSA) is 56.2 Å². The summed E-state index contributed by atoms with van der Waals surface area (Å²) in [5.74, 6) is 1.41. The third kappa shape index (κ3) is 4.23. The summed E-state index contributed by atoms with van der Waals surface area (Å²) in [5.41, 5.74) is 2.07. The molecule has 5 heteroatoms.